The van der Waals surface area contributed by atoms with Gasteiger partial charge in [0.25, 0.3) is 5.91 Å². The zero-order valence-electron chi connectivity index (χ0n) is 10.3. The van der Waals surface area contributed by atoms with Crippen LogP contribution >= 0.6 is 11.3 Å². The molecule has 0 aromatic carbocycles. The highest BCUT2D eigenvalue weighted by atomic mass is 32.1. The topological polar surface area (TPSA) is 57.6 Å². The van der Waals surface area contributed by atoms with Crippen molar-refractivity contribution >= 4 is 23.2 Å². The third-order valence-corrected chi connectivity index (χ3v) is 3.78. The average Bonchev–Trinajstić information content (AvgIpc) is 2.76. The number of carbonyl (C=O) groups is 2. The van der Waals surface area contributed by atoms with Crippen LogP contribution in [0.2, 0.25) is 0 Å². The van der Waals surface area contributed by atoms with Crippen molar-refractivity contribution in [1.29, 1.82) is 0 Å². The van der Waals surface area contributed by atoms with Crippen molar-refractivity contribution in [2.75, 3.05) is 7.05 Å². The molecule has 0 saturated carbocycles. The smallest absolute Gasteiger partial charge is 0.345 e. The van der Waals surface area contributed by atoms with Gasteiger partial charge in [-0.1, -0.05) is 13.3 Å². The molecule has 1 aromatic heterocycles. The van der Waals surface area contributed by atoms with Crippen molar-refractivity contribution in [3.8, 4) is 0 Å². The van der Waals surface area contributed by atoms with Gasteiger partial charge >= 0.3 is 5.97 Å². The largest absolute Gasteiger partial charge is 0.477 e. The van der Waals surface area contributed by atoms with Crippen molar-refractivity contribution in [1.82, 2.24) is 4.90 Å². The molecule has 0 aliphatic carbocycles. The number of nitrogens with zero attached hydrogens (tertiary/aromatic N) is 1. The Kier molecular flexibility index (Phi) is 4.69. The monoisotopic (exact) mass is 255 g/mol. The van der Waals surface area contributed by atoms with Crippen molar-refractivity contribution < 1.29 is 14.7 Å². The van der Waals surface area contributed by atoms with Gasteiger partial charge in [0.05, 0.1) is 4.88 Å². The molecular weight excluding hydrogens is 238 g/mol. The zero-order chi connectivity index (χ0) is 13.0. The molecule has 1 atom stereocenters. The number of hydrogen-bond acceptors (Lipinski definition) is 3. The quantitative estimate of drug-likeness (QED) is 0.880. The van der Waals surface area contributed by atoms with Crippen molar-refractivity contribution in [2.24, 2.45) is 0 Å². The maximum Gasteiger partial charge on any atom is 0.345 e. The Balaban J connectivity index is 2.77. The first-order valence-electron chi connectivity index (χ1n) is 5.57. The first-order valence-corrected chi connectivity index (χ1v) is 6.39. The van der Waals surface area contributed by atoms with Gasteiger partial charge in [-0.15, -0.1) is 11.3 Å². The fourth-order valence-corrected chi connectivity index (χ4v) is 2.38. The molecule has 1 rings (SSSR count). The molecule has 94 valence electrons. The van der Waals surface area contributed by atoms with E-state index in [0.29, 0.717) is 4.88 Å². The van der Waals surface area contributed by atoms with Gasteiger partial charge in [-0.05, 0) is 25.5 Å². The zero-order valence-corrected chi connectivity index (χ0v) is 11.1. The van der Waals surface area contributed by atoms with E-state index in [-0.39, 0.29) is 16.8 Å². The number of thiophene rings is 1. The number of carboxylic acid groups (broad SMARTS) is 1. The van der Waals surface area contributed by atoms with Gasteiger partial charge in [-0.3, -0.25) is 4.79 Å². The fourth-order valence-electron chi connectivity index (χ4n) is 1.55. The Morgan fingerprint density at radius 3 is 2.47 bits per heavy atom. The van der Waals surface area contributed by atoms with Gasteiger partial charge < -0.3 is 10.0 Å². The first-order chi connectivity index (χ1) is 7.97. The summed E-state index contributed by atoms with van der Waals surface area (Å²) in [5.74, 6) is -1.10. The highest BCUT2D eigenvalue weighted by Gasteiger charge is 2.19. The molecule has 0 aliphatic heterocycles. The minimum atomic E-state index is -0.988. The molecule has 1 N–H and O–H groups in total. The fraction of sp³-hybridized carbons (Fsp3) is 0.500. The summed E-state index contributed by atoms with van der Waals surface area (Å²) < 4.78 is 0. The predicted molar refractivity (Wildman–Crippen MR) is 67.7 cm³/mol. The summed E-state index contributed by atoms with van der Waals surface area (Å²) in [6.07, 6.45) is 1.96. The molecule has 0 spiro atoms. The second-order valence-electron chi connectivity index (χ2n) is 4.02. The number of hydrogen-bond donors (Lipinski definition) is 1. The summed E-state index contributed by atoms with van der Waals surface area (Å²) in [5.41, 5.74) is 0. The SMILES string of the molecule is CCCC(C)N(C)C(=O)c1ccc(C(=O)O)s1. The van der Waals surface area contributed by atoms with Gasteiger partial charge in [-0.25, -0.2) is 4.79 Å². The van der Waals surface area contributed by atoms with Crippen LogP contribution in [0.4, 0.5) is 0 Å². The molecule has 4 nitrogen and oxygen atoms in total. The van der Waals surface area contributed by atoms with Crippen molar-refractivity contribution in [3.63, 3.8) is 0 Å². The van der Waals surface area contributed by atoms with E-state index in [1.165, 1.54) is 6.07 Å². The van der Waals surface area contributed by atoms with Crippen LogP contribution in [-0.2, 0) is 0 Å². The van der Waals surface area contributed by atoms with Crippen LogP contribution in [0.3, 0.4) is 0 Å². The Morgan fingerprint density at radius 1 is 1.41 bits per heavy atom. The van der Waals surface area contributed by atoms with E-state index in [1.54, 1.807) is 18.0 Å². The summed E-state index contributed by atoms with van der Waals surface area (Å²) in [7, 11) is 1.75. The van der Waals surface area contributed by atoms with Crippen LogP contribution in [0.25, 0.3) is 0 Å². The Labute approximate surface area is 105 Å². The third-order valence-electron chi connectivity index (χ3n) is 2.72. The second kappa shape index (κ2) is 5.82. The molecule has 0 fully saturated rings. The van der Waals surface area contributed by atoms with E-state index >= 15 is 0 Å². The number of aromatic carboxylic acids is 1. The Bertz CT molecular complexity index is 414. The normalized spacial score (nSPS) is 12.2. The van der Waals surface area contributed by atoms with Crippen LogP contribution in [0.15, 0.2) is 12.1 Å². The van der Waals surface area contributed by atoms with Gasteiger partial charge in [0, 0.05) is 13.1 Å². The average molecular weight is 255 g/mol. The number of carbonyl (C=O) groups excluding carboxylic acids is 1. The lowest BCUT2D eigenvalue weighted by Gasteiger charge is -2.23. The van der Waals surface area contributed by atoms with E-state index in [4.69, 9.17) is 5.11 Å². The van der Waals surface area contributed by atoms with E-state index in [1.807, 2.05) is 6.92 Å². The highest BCUT2D eigenvalue weighted by molar-refractivity contribution is 7.15. The molecule has 0 radical (unpaired) electrons. The molecule has 17 heavy (non-hydrogen) atoms. The molecule has 5 heteroatoms. The second-order valence-corrected chi connectivity index (χ2v) is 5.11. The van der Waals surface area contributed by atoms with Crippen LogP contribution < -0.4 is 0 Å². The van der Waals surface area contributed by atoms with Crippen LogP contribution in [0, 0.1) is 0 Å². The van der Waals surface area contributed by atoms with Crippen LogP contribution in [0.5, 0.6) is 0 Å². The van der Waals surface area contributed by atoms with Crippen LogP contribution in [-0.4, -0.2) is 35.0 Å². The third kappa shape index (κ3) is 3.30. The maximum absolute atomic E-state index is 12.0. The Hall–Kier alpha value is -1.36. The van der Waals surface area contributed by atoms with Crippen molar-refractivity contribution in [2.45, 2.75) is 32.7 Å². The molecular formula is C12H17NO3S. The molecule has 0 saturated heterocycles. The van der Waals surface area contributed by atoms with E-state index in [2.05, 4.69) is 6.92 Å². The highest BCUT2D eigenvalue weighted by Crippen LogP contribution is 2.19. The summed E-state index contributed by atoms with van der Waals surface area (Å²) in [5, 5.41) is 8.80. The number of amides is 1. The minimum absolute atomic E-state index is 0.108. The van der Waals surface area contributed by atoms with Gasteiger partial charge in [-0.2, -0.15) is 0 Å². The van der Waals surface area contributed by atoms with E-state index < -0.39 is 5.97 Å². The Morgan fingerprint density at radius 2 is 2.00 bits per heavy atom. The molecule has 1 amide bonds. The summed E-state index contributed by atoms with van der Waals surface area (Å²) in [4.78, 5) is 25.1. The molecule has 1 heterocycles. The van der Waals surface area contributed by atoms with E-state index in [9.17, 15) is 9.59 Å². The molecule has 1 unspecified atom stereocenters. The van der Waals surface area contributed by atoms with E-state index in [0.717, 1.165) is 24.2 Å². The van der Waals surface area contributed by atoms with Crippen molar-refractivity contribution in [3.05, 3.63) is 21.9 Å². The summed E-state index contributed by atoms with van der Waals surface area (Å²) >= 11 is 1.02. The lowest BCUT2D eigenvalue weighted by molar-refractivity contribution is 0.0701. The maximum atomic E-state index is 12.0. The lowest BCUT2D eigenvalue weighted by Crippen LogP contribution is -2.34. The van der Waals surface area contributed by atoms with Crippen LogP contribution in [0.1, 0.15) is 46.0 Å². The number of carboxylic acids is 1. The summed E-state index contributed by atoms with van der Waals surface area (Å²) in [6, 6.07) is 3.22. The first kappa shape index (κ1) is 13.7. The lowest BCUT2D eigenvalue weighted by atomic mass is 10.1. The molecule has 0 aliphatic rings. The minimum Gasteiger partial charge on any atom is -0.477 e. The number of rotatable bonds is 5. The summed E-state index contributed by atoms with van der Waals surface area (Å²) in [6.45, 7) is 4.07. The van der Waals surface area contributed by atoms with Gasteiger partial charge in [0.2, 0.25) is 0 Å². The van der Waals surface area contributed by atoms with Gasteiger partial charge in [0.1, 0.15) is 4.88 Å². The van der Waals surface area contributed by atoms with Gasteiger partial charge in [0.15, 0.2) is 0 Å². The molecule has 1 aromatic rings. The molecule has 0 bridgehead atoms. The standard InChI is InChI=1S/C12H17NO3S/c1-4-5-8(2)13(3)11(14)9-6-7-10(17-9)12(15)16/h6-8H,4-5H2,1-3H3,(H,15,16). The predicted octanol–water partition coefficient (Wildman–Crippen LogP) is 2.71.